The maximum atomic E-state index is 5.95. The molecule has 2 N–H and O–H groups in total. The van der Waals surface area contributed by atoms with Crippen LogP contribution in [0.3, 0.4) is 0 Å². The predicted molar refractivity (Wildman–Crippen MR) is 67.8 cm³/mol. The monoisotopic (exact) mass is 275 g/mol. The van der Waals surface area contributed by atoms with Crippen LogP contribution in [0.5, 0.6) is 0 Å². The van der Waals surface area contributed by atoms with Crippen molar-refractivity contribution >= 4 is 27.3 Å². The van der Waals surface area contributed by atoms with Crippen molar-refractivity contribution in [3.8, 4) is 0 Å². The van der Waals surface area contributed by atoms with Gasteiger partial charge in [-0.1, -0.05) is 13.3 Å². The van der Waals surface area contributed by atoms with E-state index in [0.29, 0.717) is 6.04 Å². The largest absolute Gasteiger partial charge is 0.328 e. The molecule has 1 heterocycles. The molecule has 0 radical (unpaired) electrons. The SMILES string of the molecule is CCCC(N)CCCc1cc(Br)cs1. The van der Waals surface area contributed by atoms with Crippen LogP contribution in [-0.4, -0.2) is 6.04 Å². The van der Waals surface area contributed by atoms with Crippen LogP contribution in [0.15, 0.2) is 15.9 Å². The quantitative estimate of drug-likeness (QED) is 0.836. The number of thiophene rings is 1. The molecule has 0 aliphatic rings. The van der Waals surface area contributed by atoms with Crippen molar-refractivity contribution < 1.29 is 0 Å². The fourth-order valence-corrected chi connectivity index (χ4v) is 3.04. The molecule has 1 atom stereocenters. The van der Waals surface area contributed by atoms with Gasteiger partial charge in [0.15, 0.2) is 0 Å². The Morgan fingerprint density at radius 1 is 1.50 bits per heavy atom. The third-order valence-corrected chi connectivity index (χ3v) is 4.04. The highest BCUT2D eigenvalue weighted by molar-refractivity contribution is 9.10. The first-order valence-corrected chi connectivity index (χ1v) is 6.88. The Morgan fingerprint density at radius 2 is 2.29 bits per heavy atom. The Kier molecular flexibility index (Phi) is 5.75. The summed E-state index contributed by atoms with van der Waals surface area (Å²) in [5, 5.41) is 2.14. The fraction of sp³-hybridized carbons (Fsp3) is 0.636. The third kappa shape index (κ3) is 4.58. The van der Waals surface area contributed by atoms with Crippen molar-refractivity contribution in [1.82, 2.24) is 0 Å². The molecule has 3 heteroatoms. The van der Waals surface area contributed by atoms with Crippen LogP contribution in [0.1, 0.15) is 37.5 Å². The predicted octanol–water partition coefficient (Wildman–Crippen LogP) is 3.96. The Hall–Kier alpha value is 0.140. The van der Waals surface area contributed by atoms with Gasteiger partial charge in [-0.2, -0.15) is 0 Å². The summed E-state index contributed by atoms with van der Waals surface area (Å²) in [4.78, 5) is 1.46. The van der Waals surface area contributed by atoms with Gasteiger partial charge in [0.1, 0.15) is 0 Å². The van der Waals surface area contributed by atoms with Gasteiger partial charge in [0.05, 0.1) is 0 Å². The summed E-state index contributed by atoms with van der Waals surface area (Å²) in [6.07, 6.45) is 5.91. The average molecular weight is 276 g/mol. The van der Waals surface area contributed by atoms with Crippen molar-refractivity contribution in [3.63, 3.8) is 0 Å². The van der Waals surface area contributed by atoms with Gasteiger partial charge in [-0.25, -0.2) is 0 Å². The number of aryl methyl sites for hydroxylation is 1. The number of hydrogen-bond donors (Lipinski definition) is 1. The van der Waals surface area contributed by atoms with Crippen LogP contribution in [0.25, 0.3) is 0 Å². The summed E-state index contributed by atoms with van der Waals surface area (Å²) in [7, 11) is 0. The lowest BCUT2D eigenvalue weighted by Crippen LogP contribution is -2.19. The van der Waals surface area contributed by atoms with E-state index < -0.39 is 0 Å². The lowest BCUT2D eigenvalue weighted by molar-refractivity contribution is 0.540. The van der Waals surface area contributed by atoms with Crippen LogP contribution in [-0.2, 0) is 6.42 Å². The molecule has 14 heavy (non-hydrogen) atoms. The first-order valence-electron chi connectivity index (χ1n) is 5.21. The summed E-state index contributed by atoms with van der Waals surface area (Å²) >= 11 is 5.29. The van der Waals surface area contributed by atoms with E-state index in [-0.39, 0.29) is 0 Å². The van der Waals surface area contributed by atoms with Crippen LogP contribution in [0.2, 0.25) is 0 Å². The van der Waals surface area contributed by atoms with E-state index in [4.69, 9.17) is 5.73 Å². The molecule has 0 saturated carbocycles. The van der Waals surface area contributed by atoms with Crippen molar-refractivity contribution in [3.05, 3.63) is 20.8 Å². The summed E-state index contributed by atoms with van der Waals surface area (Å²) in [6.45, 7) is 2.19. The van der Waals surface area contributed by atoms with Crippen molar-refractivity contribution in [1.29, 1.82) is 0 Å². The minimum Gasteiger partial charge on any atom is -0.328 e. The van der Waals surface area contributed by atoms with E-state index in [0.717, 1.165) is 12.8 Å². The summed E-state index contributed by atoms with van der Waals surface area (Å²) in [5.74, 6) is 0. The van der Waals surface area contributed by atoms with E-state index in [2.05, 4.69) is 34.3 Å². The van der Waals surface area contributed by atoms with Gasteiger partial charge in [0.25, 0.3) is 0 Å². The third-order valence-electron chi connectivity index (χ3n) is 2.28. The van der Waals surface area contributed by atoms with Crippen LogP contribution < -0.4 is 5.73 Å². The van der Waals surface area contributed by atoms with Gasteiger partial charge in [0.2, 0.25) is 0 Å². The maximum absolute atomic E-state index is 5.95. The first-order chi connectivity index (χ1) is 6.72. The Morgan fingerprint density at radius 3 is 2.86 bits per heavy atom. The van der Waals surface area contributed by atoms with Crippen molar-refractivity contribution in [2.24, 2.45) is 5.73 Å². The molecule has 0 aliphatic heterocycles. The molecule has 0 saturated heterocycles. The van der Waals surface area contributed by atoms with E-state index >= 15 is 0 Å². The molecule has 0 fully saturated rings. The zero-order chi connectivity index (χ0) is 10.4. The smallest absolute Gasteiger partial charge is 0.0285 e. The zero-order valence-electron chi connectivity index (χ0n) is 8.63. The number of halogens is 1. The summed E-state index contributed by atoms with van der Waals surface area (Å²) in [5.41, 5.74) is 5.95. The number of hydrogen-bond acceptors (Lipinski definition) is 2. The minimum atomic E-state index is 0.406. The lowest BCUT2D eigenvalue weighted by atomic mass is 10.1. The maximum Gasteiger partial charge on any atom is 0.0285 e. The highest BCUT2D eigenvalue weighted by Gasteiger charge is 2.02. The lowest BCUT2D eigenvalue weighted by Gasteiger charge is -2.08. The standard InChI is InChI=1S/C11H18BrNS/c1-2-4-10(13)5-3-6-11-7-9(12)8-14-11/h7-8,10H,2-6,13H2,1H3. The van der Waals surface area contributed by atoms with E-state index in [1.807, 2.05) is 11.3 Å². The minimum absolute atomic E-state index is 0.406. The fourth-order valence-electron chi connectivity index (χ4n) is 1.54. The highest BCUT2D eigenvalue weighted by Crippen LogP contribution is 2.21. The molecular weight excluding hydrogens is 258 g/mol. The second kappa shape index (κ2) is 6.59. The normalized spacial score (nSPS) is 13.1. The van der Waals surface area contributed by atoms with Crippen LogP contribution >= 0.6 is 27.3 Å². The molecule has 1 aromatic rings. The topological polar surface area (TPSA) is 26.0 Å². The summed E-state index contributed by atoms with van der Waals surface area (Å²) < 4.78 is 1.20. The molecule has 0 bridgehead atoms. The molecule has 1 unspecified atom stereocenters. The van der Waals surface area contributed by atoms with Gasteiger partial charge < -0.3 is 5.73 Å². The van der Waals surface area contributed by atoms with Gasteiger partial charge in [-0.15, -0.1) is 11.3 Å². The highest BCUT2D eigenvalue weighted by atomic mass is 79.9. The molecular formula is C11H18BrNS. The molecule has 0 amide bonds. The van der Waals surface area contributed by atoms with Crippen LogP contribution in [0, 0.1) is 0 Å². The van der Waals surface area contributed by atoms with Gasteiger partial charge >= 0.3 is 0 Å². The first kappa shape index (κ1) is 12.2. The molecule has 1 nitrogen and oxygen atoms in total. The van der Waals surface area contributed by atoms with Crippen LogP contribution in [0.4, 0.5) is 0 Å². The molecule has 0 spiro atoms. The zero-order valence-corrected chi connectivity index (χ0v) is 11.0. The van der Waals surface area contributed by atoms with E-state index in [1.165, 1.54) is 28.6 Å². The Bertz CT molecular complexity index is 260. The summed E-state index contributed by atoms with van der Waals surface area (Å²) in [6, 6.07) is 2.61. The number of rotatable bonds is 6. The van der Waals surface area contributed by atoms with Gasteiger partial charge in [-0.05, 0) is 47.7 Å². The molecule has 1 rings (SSSR count). The Labute approximate surface area is 98.8 Å². The Balaban J connectivity index is 2.15. The van der Waals surface area contributed by atoms with Gasteiger partial charge in [-0.3, -0.25) is 0 Å². The van der Waals surface area contributed by atoms with E-state index in [9.17, 15) is 0 Å². The number of nitrogens with two attached hydrogens (primary N) is 1. The molecule has 1 aromatic heterocycles. The molecule has 80 valence electrons. The average Bonchev–Trinajstić information content (AvgIpc) is 2.52. The molecule has 0 aromatic carbocycles. The van der Waals surface area contributed by atoms with E-state index in [1.54, 1.807) is 0 Å². The van der Waals surface area contributed by atoms with Gasteiger partial charge in [0, 0.05) is 20.8 Å². The molecule has 0 aliphatic carbocycles. The van der Waals surface area contributed by atoms with Crippen molar-refractivity contribution in [2.75, 3.05) is 0 Å². The second-order valence-electron chi connectivity index (χ2n) is 3.67. The second-order valence-corrected chi connectivity index (χ2v) is 5.58. The van der Waals surface area contributed by atoms with Crippen molar-refractivity contribution in [2.45, 2.75) is 45.1 Å².